The minimum absolute atomic E-state index is 0.184. The van der Waals surface area contributed by atoms with E-state index in [2.05, 4.69) is 10.6 Å². The van der Waals surface area contributed by atoms with Gasteiger partial charge in [0.1, 0.15) is 0 Å². The number of hydrogen-bond acceptors (Lipinski definition) is 3. The number of aliphatic hydroxyl groups is 1. The topological polar surface area (TPSA) is 78.4 Å². The Hall–Kier alpha value is -2.40. The van der Waals surface area contributed by atoms with Crippen LogP contribution in [0.2, 0.25) is 0 Å². The molecule has 0 aromatic heterocycles. The first-order valence-electron chi connectivity index (χ1n) is 8.62. The van der Waals surface area contributed by atoms with E-state index in [4.69, 9.17) is 0 Å². The quantitative estimate of drug-likeness (QED) is 0.706. The monoisotopic (exact) mass is 342 g/mol. The van der Waals surface area contributed by atoms with Gasteiger partial charge >= 0.3 is 11.8 Å². The zero-order chi connectivity index (χ0) is 18.4. The lowest BCUT2D eigenvalue weighted by Crippen LogP contribution is -2.46. The highest BCUT2D eigenvalue weighted by Gasteiger charge is 2.21. The number of nitrogens with one attached hydrogen (secondary N) is 2. The van der Waals surface area contributed by atoms with Gasteiger partial charge in [0.25, 0.3) is 0 Å². The second-order valence-corrected chi connectivity index (χ2v) is 6.75. The number of fused-ring (bicyclic) bond motifs is 1. The Morgan fingerprint density at radius 2 is 1.60 bits per heavy atom. The van der Waals surface area contributed by atoms with Crippen LogP contribution < -0.4 is 10.6 Å². The Balaban J connectivity index is 2.05. The minimum atomic E-state index is -0.716. The van der Waals surface area contributed by atoms with Crippen LogP contribution in [-0.4, -0.2) is 29.6 Å². The van der Waals surface area contributed by atoms with Gasteiger partial charge in [-0.25, -0.2) is 0 Å². The van der Waals surface area contributed by atoms with E-state index in [9.17, 15) is 14.7 Å². The smallest absolute Gasteiger partial charge is 0.309 e. The number of aliphatic hydroxyl groups excluding tert-OH is 1. The molecule has 2 aromatic rings. The van der Waals surface area contributed by atoms with Crippen LogP contribution in [0, 0.1) is 5.92 Å². The number of rotatable bonds is 6. The van der Waals surface area contributed by atoms with Gasteiger partial charge in [-0.05, 0) is 35.6 Å². The SMILES string of the molecule is CC(C)C[C@@H](CO)NC(=O)C(=O)NC(C)c1cccc2ccccc12. The summed E-state index contributed by atoms with van der Waals surface area (Å²) in [6.45, 7) is 5.66. The van der Waals surface area contributed by atoms with Crippen LogP contribution >= 0.6 is 0 Å². The molecule has 0 fully saturated rings. The highest BCUT2D eigenvalue weighted by Crippen LogP contribution is 2.23. The molecular formula is C20H26N2O3. The van der Waals surface area contributed by atoms with Crippen LogP contribution in [0.15, 0.2) is 42.5 Å². The molecule has 2 amide bonds. The summed E-state index contributed by atoms with van der Waals surface area (Å²) in [4.78, 5) is 24.3. The molecule has 1 unspecified atom stereocenters. The van der Waals surface area contributed by atoms with Crippen molar-refractivity contribution in [2.24, 2.45) is 5.92 Å². The molecule has 25 heavy (non-hydrogen) atoms. The van der Waals surface area contributed by atoms with Crippen molar-refractivity contribution in [3.8, 4) is 0 Å². The summed E-state index contributed by atoms with van der Waals surface area (Å²) in [6, 6.07) is 13.1. The predicted octanol–water partition coefficient (Wildman–Crippen LogP) is 2.54. The summed E-state index contributed by atoms with van der Waals surface area (Å²) in [7, 11) is 0. The fraction of sp³-hybridized carbons (Fsp3) is 0.400. The molecule has 0 heterocycles. The predicted molar refractivity (Wildman–Crippen MR) is 99.0 cm³/mol. The molecule has 134 valence electrons. The van der Waals surface area contributed by atoms with Gasteiger partial charge in [0.05, 0.1) is 18.7 Å². The molecule has 0 bridgehead atoms. The highest BCUT2D eigenvalue weighted by molar-refractivity contribution is 6.35. The third-order valence-electron chi connectivity index (χ3n) is 4.16. The molecule has 2 atom stereocenters. The molecule has 0 radical (unpaired) electrons. The minimum Gasteiger partial charge on any atom is -0.394 e. The Kier molecular flexibility index (Phi) is 6.53. The van der Waals surface area contributed by atoms with Crippen molar-refractivity contribution < 1.29 is 14.7 Å². The molecule has 0 aliphatic carbocycles. The summed E-state index contributed by atoms with van der Waals surface area (Å²) < 4.78 is 0. The summed E-state index contributed by atoms with van der Waals surface area (Å²) in [5.74, 6) is -1.09. The van der Waals surface area contributed by atoms with Crippen molar-refractivity contribution in [3.05, 3.63) is 48.0 Å². The van der Waals surface area contributed by atoms with E-state index in [1.165, 1.54) is 0 Å². The van der Waals surface area contributed by atoms with Gasteiger partial charge in [0.15, 0.2) is 0 Å². The fourth-order valence-corrected chi connectivity index (χ4v) is 2.97. The first-order valence-corrected chi connectivity index (χ1v) is 8.62. The van der Waals surface area contributed by atoms with E-state index in [1.807, 2.05) is 63.2 Å². The van der Waals surface area contributed by atoms with Crippen LogP contribution in [0.3, 0.4) is 0 Å². The van der Waals surface area contributed by atoms with Crippen molar-refractivity contribution in [1.82, 2.24) is 10.6 Å². The first kappa shape index (κ1) is 18.9. The summed E-state index contributed by atoms with van der Waals surface area (Å²) in [5, 5.41) is 16.8. The molecule has 5 nitrogen and oxygen atoms in total. The Bertz CT molecular complexity index is 737. The molecule has 2 rings (SSSR count). The second kappa shape index (κ2) is 8.62. The van der Waals surface area contributed by atoms with Crippen molar-refractivity contribution in [2.45, 2.75) is 39.3 Å². The maximum absolute atomic E-state index is 12.2. The van der Waals surface area contributed by atoms with Gasteiger partial charge in [-0.1, -0.05) is 56.3 Å². The summed E-state index contributed by atoms with van der Waals surface area (Å²) >= 11 is 0. The zero-order valence-corrected chi connectivity index (χ0v) is 15.0. The lowest BCUT2D eigenvalue weighted by Gasteiger charge is -2.20. The average Bonchev–Trinajstić information content (AvgIpc) is 2.59. The number of hydrogen-bond donors (Lipinski definition) is 3. The van der Waals surface area contributed by atoms with Gasteiger partial charge in [-0.3, -0.25) is 9.59 Å². The highest BCUT2D eigenvalue weighted by atomic mass is 16.3. The van der Waals surface area contributed by atoms with Crippen LogP contribution in [-0.2, 0) is 9.59 Å². The normalized spacial score (nSPS) is 13.5. The molecule has 0 saturated carbocycles. The van der Waals surface area contributed by atoms with Gasteiger partial charge in [-0.15, -0.1) is 0 Å². The molecule has 0 aliphatic heterocycles. The summed E-state index contributed by atoms with van der Waals surface area (Å²) in [6.07, 6.45) is 0.619. The molecule has 5 heteroatoms. The van der Waals surface area contributed by atoms with E-state index in [0.717, 1.165) is 16.3 Å². The van der Waals surface area contributed by atoms with Crippen LogP contribution in [0.5, 0.6) is 0 Å². The van der Waals surface area contributed by atoms with E-state index < -0.39 is 17.9 Å². The van der Waals surface area contributed by atoms with Gasteiger partial charge < -0.3 is 15.7 Å². The lowest BCUT2D eigenvalue weighted by molar-refractivity contribution is -0.140. The molecule has 3 N–H and O–H groups in total. The van der Waals surface area contributed by atoms with Crippen molar-refractivity contribution in [3.63, 3.8) is 0 Å². The molecule has 0 saturated heterocycles. The van der Waals surface area contributed by atoms with Crippen molar-refractivity contribution in [2.75, 3.05) is 6.61 Å². The Labute approximate surface area is 148 Å². The van der Waals surface area contributed by atoms with E-state index in [0.29, 0.717) is 12.3 Å². The maximum Gasteiger partial charge on any atom is 0.309 e. The van der Waals surface area contributed by atoms with Gasteiger partial charge in [0, 0.05) is 0 Å². The van der Waals surface area contributed by atoms with Gasteiger partial charge in [-0.2, -0.15) is 0 Å². The fourth-order valence-electron chi connectivity index (χ4n) is 2.97. The maximum atomic E-state index is 12.2. The Morgan fingerprint density at radius 1 is 0.960 bits per heavy atom. The van der Waals surface area contributed by atoms with E-state index >= 15 is 0 Å². The molecule has 2 aromatic carbocycles. The number of benzene rings is 2. The van der Waals surface area contributed by atoms with Crippen LogP contribution in [0.25, 0.3) is 10.8 Å². The average molecular weight is 342 g/mol. The van der Waals surface area contributed by atoms with Crippen molar-refractivity contribution in [1.29, 1.82) is 0 Å². The van der Waals surface area contributed by atoms with Crippen molar-refractivity contribution >= 4 is 22.6 Å². The lowest BCUT2D eigenvalue weighted by atomic mass is 9.99. The molecule has 0 aliphatic rings. The number of amides is 2. The second-order valence-electron chi connectivity index (χ2n) is 6.75. The number of carbonyl (C=O) groups excluding carboxylic acids is 2. The van der Waals surface area contributed by atoms with E-state index in [-0.39, 0.29) is 12.6 Å². The summed E-state index contributed by atoms with van der Waals surface area (Å²) in [5.41, 5.74) is 0.958. The standard InChI is InChI=1S/C20H26N2O3/c1-13(2)11-16(12-23)22-20(25)19(24)21-14(3)17-10-6-8-15-7-4-5-9-18(15)17/h4-10,13-14,16,23H,11-12H2,1-3H3,(H,21,24)(H,22,25)/t14?,16-/m0/s1. The van der Waals surface area contributed by atoms with E-state index in [1.54, 1.807) is 0 Å². The third kappa shape index (κ3) is 5.03. The Morgan fingerprint density at radius 3 is 2.28 bits per heavy atom. The van der Waals surface area contributed by atoms with Crippen LogP contribution in [0.1, 0.15) is 38.8 Å². The van der Waals surface area contributed by atoms with Gasteiger partial charge in [0.2, 0.25) is 0 Å². The largest absolute Gasteiger partial charge is 0.394 e. The van der Waals surface area contributed by atoms with Crippen LogP contribution in [0.4, 0.5) is 0 Å². The third-order valence-corrected chi connectivity index (χ3v) is 4.16. The first-order chi connectivity index (χ1) is 11.9. The molecule has 0 spiro atoms. The molecular weight excluding hydrogens is 316 g/mol. The zero-order valence-electron chi connectivity index (χ0n) is 15.0. The number of carbonyl (C=O) groups is 2.